The van der Waals surface area contributed by atoms with Gasteiger partial charge in [0.05, 0.1) is 12.9 Å². The summed E-state index contributed by atoms with van der Waals surface area (Å²) in [7, 11) is -3.24. The number of ether oxygens (including phenoxy) is 1. The molecule has 1 aliphatic heterocycles. The summed E-state index contributed by atoms with van der Waals surface area (Å²) in [5.41, 5.74) is 0. The van der Waals surface area contributed by atoms with Crippen molar-refractivity contribution in [3.8, 4) is 0 Å². The van der Waals surface area contributed by atoms with E-state index in [4.69, 9.17) is 4.74 Å². The van der Waals surface area contributed by atoms with Crippen molar-refractivity contribution < 1.29 is 13.2 Å². The highest BCUT2D eigenvalue weighted by atomic mass is 32.2. The lowest BCUT2D eigenvalue weighted by Gasteiger charge is -2.29. The summed E-state index contributed by atoms with van der Waals surface area (Å²) in [6.07, 6.45) is 2.38. The smallest absolute Gasteiger partial charge is 0.247 e. The van der Waals surface area contributed by atoms with Crippen molar-refractivity contribution in [1.82, 2.24) is 24.5 Å². The van der Waals surface area contributed by atoms with Crippen LogP contribution in [0.1, 0.15) is 11.9 Å². The molecule has 1 saturated heterocycles. The van der Waals surface area contributed by atoms with Gasteiger partial charge in [-0.3, -0.25) is 5.10 Å². The summed E-state index contributed by atoms with van der Waals surface area (Å²) < 4.78 is 30.2. The van der Waals surface area contributed by atoms with Crippen LogP contribution in [0.3, 0.4) is 0 Å². The molecule has 0 bridgehead atoms. The molecule has 3 heterocycles. The predicted octanol–water partition coefficient (Wildman–Crippen LogP) is 0.276. The molecule has 1 fully saturated rings. The number of sulfonamides is 1. The number of anilines is 2. The molecule has 2 aromatic heterocycles. The first-order valence-electron chi connectivity index (χ1n) is 6.69. The Balaban J connectivity index is 1.71. The molecule has 1 atom stereocenters. The molecule has 1 unspecified atom stereocenters. The van der Waals surface area contributed by atoms with Crippen molar-refractivity contribution in [1.29, 1.82) is 0 Å². The van der Waals surface area contributed by atoms with Crippen LogP contribution in [0.25, 0.3) is 0 Å². The van der Waals surface area contributed by atoms with E-state index in [1.54, 1.807) is 12.3 Å². The lowest BCUT2D eigenvalue weighted by molar-refractivity contribution is -0.00709. The van der Waals surface area contributed by atoms with Crippen LogP contribution in [-0.4, -0.2) is 58.8 Å². The molecule has 3 rings (SSSR count). The largest absolute Gasteiger partial charge is 0.367 e. The number of morpholine rings is 1. The van der Waals surface area contributed by atoms with Gasteiger partial charge in [-0.15, -0.1) is 5.10 Å². The van der Waals surface area contributed by atoms with Gasteiger partial charge in [0.1, 0.15) is 11.9 Å². The summed E-state index contributed by atoms with van der Waals surface area (Å²) >= 11 is 0. The lowest BCUT2D eigenvalue weighted by atomic mass is 10.3. The molecule has 0 aliphatic carbocycles. The highest BCUT2D eigenvalue weighted by molar-refractivity contribution is 7.88. The van der Waals surface area contributed by atoms with Crippen LogP contribution in [0.4, 0.5) is 11.8 Å². The highest BCUT2D eigenvalue weighted by Crippen LogP contribution is 2.21. The Morgan fingerprint density at radius 2 is 2.32 bits per heavy atom. The maximum absolute atomic E-state index is 11.6. The number of nitrogens with zero attached hydrogens (tertiary/aromatic N) is 4. The van der Waals surface area contributed by atoms with Gasteiger partial charge in [-0.1, -0.05) is 6.07 Å². The van der Waals surface area contributed by atoms with Gasteiger partial charge >= 0.3 is 0 Å². The minimum Gasteiger partial charge on any atom is -0.367 e. The van der Waals surface area contributed by atoms with Gasteiger partial charge in [-0.05, 0) is 12.1 Å². The van der Waals surface area contributed by atoms with Gasteiger partial charge < -0.3 is 10.1 Å². The first kappa shape index (κ1) is 14.9. The molecule has 10 heteroatoms. The second-order valence-electron chi connectivity index (χ2n) is 4.86. The quantitative estimate of drug-likeness (QED) is 0.830. The van der Waals surface area contributed by atoms with Gasteiger partial charge in [0.2, 0.25) is 16.0 Å². The zero-order valence-corrected chi connectivity index (χ0v) is 12.7. The van der Waals surface area contributed by atoms with E-state index in [1.807, 2.05) is 12.1 Å². The van der Waals surface area contributed by atoms with Crippen LogP contribution in [0.2, 0.25) is 0 Å². The summed E-state index contributed by atoms with van der Waals surface area (Å²) in [5, 5.41) is 9.76. The Hall–Kier alpha value is -2.04. The third-order valence-electron chi connectivity index (χ3n) is 3.21. The van der Waals surface area contributed by atoms with Crippen molar-refractivity contribution in [3.63, 3.8) is 0 Å². The van der Waals surface area contributed by atoms with E-state index in [1.165, 1.54) is 10.6 Å². The van der Waals surface area contributed by atoms with Crippen LogP contribution in [-0.2, 0) is 14.8 Å². The summed E-state index contributed by atoms with van der Waals surface area (Å²) in [6, 6.07) is 5.44. The minimum atomic E-state index is -3.24. The second-order valence-corrected chi connectivity index (χ2v) is 6.85. The van der Waals surface area contributed by atoms with Crippen molar-refractivity contribution in [2.75, 3.05) is 31.3 Å². The monoisotopic (exact) mass is 324 g/mol. The van der Waals surface area contributed by atoms with Gasteiger partial charge in [0.15, 0.2) is 5.82 Å². The molecular formula is C12H16N6O3S. The fraction of sp³-hybridized carbons (Fsp3) is 0.417. The van der Waals surface area contributed by atoms with E-state index in [0.29, 0.717) is 30.7 Å². The Morgan fingerprint density at radius 1 is 1.45 bits per heavy atom. The molecule has 2 N–H and O–H groups in total. The number of hydrogen-bond acceptors (Lipinski definition) is 7. The average Bonchev–Trinajstić information content (AvgIpc) is 2.96. The molecule has 0 amide bonds. The number of pyridine rings is 1. The zero-order valence-electron chi connectivity index (χ0n) is 11.9. The van der Waals surface area contributed by atoms with Crippen LogP contribution < -0.4 is 5.32 Å². The van der Waals surface area contributed by atoms with Crippen molar-refractivity contribution in [2.24, 2.45) is 0 Å². The Morgan fingerprint density at radius 3 is 3.05 bits per heavy atom. The van der Waals surface area contributed by atoms with E-state index >= 15 is 0 Å². The summed E-state index contributed by atoms with van der Waals surface area (Å²) in [6.45, 7) is 0.890. The number of H-pyrrole nitrogens is 1. The first-order valence-corrected chi connectivity index (χ1v) is 8.54. The van der Waals surface area contributed by atoms with Gasteiger partial charge in [0, 0.05) is 19.3 Å². The minimum absolute atomic E-state index is 0.219. The lowest BCUT2D eigenvalue weighted by Crippen LogP contribution is -2.41. The van der Waals surface area contributed by atoms with Gasteiger partial charge in [0.25, 0.3) is 0 Å². The fourth-order valence-electron chi connectivity index (χ4n) is 2.12. The van der Waals surface area contributed by atoms with E-state index in [-0.39, 0.29) is 6.54 Å². The molecule has 2 aromatic rings. The summed E-state index contributed by atoms with van der Waals surface area (Å²) in [5.74, 6) is 1.45. The number of rotatable bonds is 4. The number of hydrogen-bond donors (Lipinski definition) is 2. The van der Waals surface area contributed by atoms with Crippen LogP contribution in [0.15, 0.2) is 24.4 Å². The predicted molar refractivity (Wildman–Crippen MR) is 79.0 cm³/mol. The standard InChI is InChI=1S/C12H16N6O3S/c1-22(19,20)18-6-7-21-9(8-18)11-15-12(17-16-11)14-10-4-2-3-5-13-10/h2-5,9H,6-8H2,1H3,(H2,13,14,15,16,17). The van der Waals surface area contributed by atoms with Crippen molar-refractivity contribution >= 4 is 21.8 Å². The number of nitrogens with one attached hydrogen (secondary N) is 2. The maximum atomic E-state index is 11.6. The Bertz CT molecular complexity index is 732. The maximum Gasteiger partial charge on any atom is 0.247 e. The molecular weight excluding hydrogens is 308 g/mol. The first-order chi connectivity index (χ1) is 10.5. The van der Waals surface area contributed by atoms with Gasteiger partial charge in [-0.25, -0.2) is 13.4 Å². The summed E-state index contributed by atoms with van der Waals surface area (Å²) in [4.78, 5) is 8.40. The van der Waals surface area contributed by atoms with E-state index in [0.717, 1.165) is 0 Å². The fourth-order valence-corrected chi connectivity index (χ4v) is 2.93. The molecule has 0 radical (unpaired) electrons. The molecule has 9 nitrogen and oxygen atoms in total. The van der Waals surface area contributed by atoms with Crippen LogP contribution in [0, 0.1) is 0 Å². The molecule has 22 heavy (non-hydrogen) atoms. The third kappa shape index (κ3) is 3.40. The molecule has 118 valence electrons. The topological polar surface area (TPSA) is 113 Å². The number of aromatic nitrogens is 4. The third-order valence-corrected chi connectivity index (χ3v) is 4.48. The molecule has 1 aliphatic rings. The van der Waals surface area contributed by atoms with E-state index < -0.39 is 16.1 Å². The van der Waals surface area contributed by atoms with E-state index in [2.05, 4.69) is 25.5 Å². The average molecular weight is 324 g/mol. The SMILES string of the molecule is CS(=O)(=O)N1CCOC(c2nc(Nc3ccccn3)n[nH]2)C1. The van der Waals surface area contributed by atoms with E-state index in [9.17, 15) is 8.42 Å². The Kier molecular flexibility index (Phi) is 4.05. The number of aromatic amines is 1. The molecule has 0 aromatic carbocycles. The van der Waals surface area contributed by atoms with Crippen LogP contribution >= 0.6 is 0 Å². The Labute approximate surface area is 127 Å². The normalized spacial score (nSPS) is 20.0. The van der Waals surface area contributed by atoms with Crippen molar-refractivity contribution in [2.45, 2.75) is 6.10 Å². The zero-order chi connectivity index (χ0) is 15.6. The molecule has 0 saturated carbocycles. The van der Waals surface area contributed by atoms with Crippen LogP contribution in [0.5, 0.6) is 0 Å². The second kappa shape index (κ2) is 5.99. The highest BCUT2D eigenvalue weighted by Gasteiger charge is 2.29. The van der Waals surface area contributed by atoms with Crippen molar-refractivity contribution in [3.05, 3.63) is 30.2 Å². The molecule has 0 spiro atoms. The van der Waals surface area contributed by atoms with Gasteiger partial charge in [-0.2, -0.15) is 9.29 Å².